The number of ether oxygens (including phenoxy) is 1. The highest BCUT2D eigenvalue weighted by molar-refractivity contribution is 6.18. The van der Waals surface area contributed by atoms with Gasteiger partial charge < -0.3 is 10.1 Å². The van der Waals surface area contributed by atoms with Crippen LogP contribution in [0.2, 0.25) is 0 Å². The van der Waals surface area contributed by atoms with Crippen LogP contribution in [0.3, 0.4) is 0 Å². The zero-order valence-corrected chi connectivity index (χ0v) is 13.2. The summed E-state index contributed by atoms with van der Waals surface area (Å²) < 4.78 is 5.77. The first-order valence-electron chi connectivity index (χ1n) is 7.17. The van der Waals surface area contributed by atoms with E-state index in [4.69, 9.17) is 16.3 Å². The van der Waals surface area contributed by atoms with E-state index in [-0.39, 0.29) is 12.1 Å². The molecule has 3 nitrogen and oxygen atoms in total. The molecule has 0 saturated heterocycles. The molecule has 0 amide bonds. The van der Waals surface area contributed by atoms with Crippen molar-refractivity contribution in [3.8, 4) is 5.75 Å². The molecule has 0 aliphatic carbocycles. The van der Waals surface area contributed by atoms with Crippen molar-refractivity contribution in [1.29, 1.82) is 0 Å². The SMILES string of the molecule is CC(C)Oc1cccnc1NC(CCl)Cc1ccccc1. The monoisotopic (exact) mass is 304 g/mol. The molecule has 0 radical (unpaired) electrons. The molecule has 1 heterocycles. The Morgan fingerprint density at radius 1 is 1.14 bits per heavy atom. The quantitative estimate of drug-likeness (QED) is 0.781. The van der Waals surface area contributed by atoms with Gasteiger partial charge >= 0.3 is 0 Å². The normalized spacial score (nSPS) is 12.2. The molecule has 0 saturated carbocycles. The zero-order chi connectivity index (χ0) is 15.1. The van der Waals surface area contributed by atoms with E-state index in [0.717, 1.165) is 18.0 Å². The number of nitrogens with one attached hydrogen (secondary N) is 1. The van der Waals surface area contributed by atoms with Crippen LogP contribution < -0.4 is 10.1 Å². The standard InChI is InChI=1S/C17H21ClN2O/c1-13(2)21-16-9-6-10-19-17(16)20-15(12-18)11-14-7-4-3-5-8-14/h3-10,13,15H,11-12H2,1-2H3,(H,19,20). The summed E-state index contributed by atoms with van der Waals surface area (Å²) in [5.74, 6) is 2.01. The van der Waals surface area contributed by atoms with Gasteiger partial charge in [-0.3, -0.25) is 0 Å². The van der Waals surface area contributed by atoms with Crippen LogP contribution in [0.15, 0.2) is 48.7 Å². The summed E-state index contributed by atoms with van der Waals surface area (Å²) in [6.07, 6.45) is 2.71. The lowest BCUT2D eigenvalue weighted by molar-refractivity contribution is 0.242. The summed E-state index contributed by atoms with van der Waals surface area (Å²) in [6.45, 7) is 4.00. The summed E-state index contributed by atoms with van der Waals surface area (Å²) in [5, 5.41) is 3.38. The molecule has 1 aromatic heterocycles. The average Bonchev–Trinajstić information content (AvgIpc) is 2.49. The van der Waals surface area contributed by atoms with Crippen molar-refractivity contribution < 1.29 is 4.74 Å². The number of hydrogen-bond acceptors (Lipinski definition) is 3. The number of benzene rings is 1. The van der Waals surface area contributed by atoms with Gasteiger partial charge in [-0.05, 0) is 38.0 Å². The van der Waals surface area contributed by atoms with E-state index >= 15 is 0 Å². The third-order valence-electron chi connectivity index (χ3n) is 2.99. The Bertz CT molecular complexity index is 545. The molecule has 2 rings (SSSR count). The number of halogens is 1. The molecule has 1 N–H and O–H groups in total. The molecule has 112 valence electrons. The maximum Gasteiger partial charge on any atom is 0.169 e. The second-order valence-electron chi connectivity index (χ2n) is 5.20. The van der Waals surface area contributed by atoms with Crippen LogP contribution in [0.4, 0.5) is 5.82 Å². The zero-order valence-electron chi connectivity index (χ0n) is 12.4. The van der Waals surface area contributed by atoms with Crippen molar-refractivity contribution >= 4 is 17.4 Å². The minimum Gasteiger partial charge on any atom is -0.487 e. The molecular formula is C17H21ClN2O. The van der Waals surface area contributed by atoms with Crippen LogP contribution in [0, 0.1) is 0 Å². The molecule has 4 heteroatoms. The molecule has 1 aromatic carbocycles. The Morgan fingerprint density at radius 2 is 1.90 bits per heavy atom. The van der Waals surface area contributed by atoms with Crippen molar-refractivity contribution in [3.05, 3.63) is 54.2 Å². The van der Waals surface area contributed by atoms with E-state index in [9.17, 15) is 0 Å². The minimum atomic E-state index is 0.110. The maximum absolute atomic E-state index is 6.09. The molecular weight excluding hydrogens is 284 g/mol. The first-order valence-corrected chi connectivity index (χ1v) is 7.70. The van der Waals surface area contributed by atoms with Gasteiger partial charge in [0.25, 0.3) is 0 Å². The summed E-state index contributed by atoms with van der Waals surface area (Å²) in [6, 6.07) is 14.2. The van der Waals surface area contributed by atoms with Gasteiger partial charge in [0.05, 0.1) is 6.10 Å². The summed E-state index contributed by atoms with van der Waals surface area (Å²) >= 11 is 6.09. The Hall–Kier alpha value is -1.74. The van der Waals surface area contributed by atoms with Crippen molar-refractivity contribution in [2.45, 2.75) is 32.4 Å². The first kappa shape index (κ1) is 15.6. The van der Waals surface area contributed by atoms with E-state index in [1.807, 2.05) is 44.2 Å². The largest absolute Gasteiger partial charge is 0.487 e. The predicted octanol–water partition coefficient (Wildman–Crippen LogP) is 4.13. The van der Waals surface area contributed by atoms with Gasteiger partial charge in [-0.25, -0.2) is 4.98 Å². The Morgan fingerprint density at radius 3 is 2.57 bits per heavy atom. The number of aromatic nitrogens is 1. The third-order valence-corrected chi connectivity index (χ3v) is 3.36. The van der Waals surface area contributed by atoms with Crippen LogP contribution in [-0.4, -0.2) is 23.0 Å². The lowest BCUT2D eigenvalue weighted by Gasteiger charge is -2.20. The molecule has 0 fully saturated rings. The lowest BCUT2D eigenvalue weighted by Crippen LogP contribution is -2.25. The van der Waals surface area contributed by atoms with E-state index in [1.165, 1.54) is 5.56 Å². The number of nitrogens with zero attached hydrogens (tertiary/aromatic N) is 1. The Balaban J connectivity index is 2.08. The maximum atomic E-state index is 6.09. The first-order chi connectivity index (χ1) is 10.2. The molecule has 0 bridgehead atoms. The summed E-state index contributed by atoms with van der Waals surface area (Å²) in [4.78, 5) is 4.37. The highest BCUT2D eigenvalue weighted by Gasteiger charge is 2.13. The van der Waals surface area contributed by atoms with Gasteiger partial charge in [0.2, 0.25) is 0 Å². The van der Waals surface area contributed by atoms with Gasteiger partial charge in [-0.15, -0.1) is 11.6 Å². The minimum absolute atomic E-state index is 0.110. The fraction of sp³-hybridized carbons (Fsp3) is 0.353. The molecule has 21 heavy (non-hydrogen) atoms. The van der Waals surface area contributed by atoms with Crippen LogP contribution in [0.1, 0.15) is 19.4 Å². The van der Waals surface area contributed by atoms with E-state index in [1.54, 1.807) is 6.20 Å². The summed E-state index contributed by atoms with van der Waals surface area (Å²) in [5.41, 5.74) is 1.25. The van der Waals surface area contributed by atoms with Gasteiger partial charge in [0, 0.05) is 18.1 Å². The topological polar surface area (TPSA) is 34.1 Å². The molecule has 0 aliphatic heterocycles. The third kappa shape index (κ3) is 4.94. The summed E-state index contributed by atoms with van der Waals surface area (Å²) in [7, 11) is 0. The average molecular weight is 305 g/mol. The predicted molar refractivity (Wildman–Crippen MR) is 88.3 cm³/mol. The van der Waals surface area contributed by atoms with Crippen LogP contribution in [-0.2, 0) is 6.42 Å². The molecule has 0 spiro atoms. The fourth-order valence-electron chi connectivity index (χ4n) is 2.08. The number of hydrogen-bond donors (Lipinski definition) is 1. The van der Waals surface area contributed by atoms with Crippen molar-refractivity contribution in [2.75, 3.05) is 11.2 Å². The second-order valence-corrected chi connectivity index (χ2v) is 5.51. The van der Waals surface area contributed by atoms with Gasteiger partial charge in [0.15, 0.2) is 11.6 Å². The lowest BCUT2D eigenvalue weighted by atomic mass is 10.1. The van der Waals surface area contributed by atoms with Crippen molar-refractivity contribution in [2.24, 2.45) is 0 Å². The Labute approximate surface area is 131 Å². The number of anilines is 1. The van der Waals surface area contributed by atoms with Gasteiger partial charge in [-0.1, -0.05) is 30.3 Å². The van der Waals surface area contributed by atoms with Crippen LogP contribution in [0.25, 0.3) is 0 Å². The Kier molecular flexibility index (Phi) is 5.88. The molecule has 0 aliphatic rings. The van der Waals surface area contributed by atoms with Gasteiger partial charge in [-0.2, -0.15) is 0 Å². The van der Waals surface area contributed by atoms with Gasteiger partial charge in [0.1, 0.15) is 0 Å². The highest BCUT2D eigenvalue weighted by atomic mass is 35.5. The molecule has 1 unspecified atom stereocenters. The van der Waals surface area contributed by atoms with E-state index in [0.29, 0.717) is 5.88 Å². The molecule has 1 atom stereocenters. The smallest absolute Gasteiger partial charge is 0.169 e. The number of rotatable bonds is 7. The highest BCUT2D eigenvalue weighted by Crippen LogP contribution is 2.23. The molecule has 2 aromatic rings. The second kappa shape index (κ2) is 7.89. The van der Waals surface area contributed by atoms with Crippen LogP contribution >= 0.6 is 11.6 Å². The number of pyridine rings is 1. The fourth-order valence-corrected chi connectivity index (χ4v) is 2.27. The van der Waals surface area contributed by atoms with E-state index < -0.39 is 0 Å². The van der Waals surface area contributed by atoms with E-state index in [2.05, 4.69) is 22.4 Å². The van der Waals surface area contributed by atoms with Crippen molar-refractivity contribution in [1.82, 2.24) is 4.98 Å². The van der Waals surface area contributed by atoms with Crippen LogP contribution in [0.5, 0.6) is 5.75 Å². The van der Waals surface area contributed by atoms with Crippen molar-refractivity contribution in [3.63, 3.8) is 0 Å². The number of alkyl halides is 1.